The zero-order chi connectivity index (χ0) is 23.1. The average Bonchev–Trinajstić information content (AvgIpc) is 3.27. The number of carbonyl (C=O) groups excluding carboxylic acids is 2. The van der Waals surface area contributed by atoms with Crippen molar-refractivity contribution in [2.75, 3.05) is 19.0 Å². The Labute approximate surface area is 196 Å². The van der Waals surface area contributed by atoms with Gasteiger partial charge in [-0.05, 0) is 61.9 Å². The molecule has 3 aromatic rings. The van der Waals surface area contributed by atoms with Crippen LogP contribution in [0.2, 0.25) is 5.02 Å². The van der Waals surface area contributed by atoms with Gasteiger partial charge in [-0.15, -0.1) is 10.2 Å². The molecule has 9 heteroatoms. The first-order valence-corrected chi connectivity index (χ1v) is 11.4. The van der Waals surface area contributed by atoms with Crippen LogP contribution in [0.4, 0.5) is 5.13 Å². The van der Waals surface area contributed by atoms with E-state index in [1.54, 1.807) is 36.3 Å². The summed E-state index contributed by atoms with van der Waals surface area (Å²) in [6.07, 6.45) is 0.934. The van der Waals surface area contributed by atoms with Gasteiger partial charge in [0.05, 0.1) is 7.11 Å². The fourth-order valence-corrected chi connectivity index (χ4v) is 3.92. The minimum atomic E-state index is -0.223. The van der Waals surface area contributed by atoms with Gasteiger partial charge < -0.3 is 15.0 Å². The van der Waals surface area contributed by atoms with Crippen molar-refractivity contribution in [2.24, 2.45) is 0 Å². The molecule has 0 spiro atoms. The normalized spacial score (nSPS) is 11.6. The topological polar surface area (TPSA) is 84.4 Å². The fraction of sp³-hybridized carbons (Fsp3) is 0.304. The lowest BCUT2D eigenvalue weighted by atomic mass is 10.1. The van der Waals surface area contributed by atoms with Crippen molar-refractivity contribution in [3.63, 3.8) is 0 Å². The summed E-state index contributed by atoms with van der Waals surface area (Å²) in [5.74, 6) is 0.409. The van der Waals surface area contributed by atoms with Crippen molar-refractivity contribution in [2.45, 2.75) is 32.7 Å². The van der Waals surface area contributed by atoms with E-state index in [1.807, 2.05) is 38.1 Å². The summed E-state index contributed by atoms with van der Waals surface area (Å²) in [6.45, 7) is 4.28. The maximum Gasteiger partial charge on any atom is 0.254 e. The van der Waals surface area contributed by atoms with Crippen molar-refractivity contribution < 1.29 is 14.3 Å². The molecule has 168 valence electrons. The molecule has 1 aromatic heterocycles. The maximum absolute atomic E-state index is 13.0. The molecule has 0 bridgehead atoms. The van der Waals surface area contributed by atoms with Gasteiger partial charge in [-0.1, -0.05) is 29.9 Å². The zero-order valence-electron chi connectivity index (χ0n) is 18.2. The van der Waals surface area contributed by atoms with Gasteiger partial charge in [-0.3, -0.25) is 9.59 Å². The lowest BCUT2D eigenvalue weighted by Gasteiger charge is -2.28. The van der Waals surface area contributed by atoms with Gasteiger partial charge in [0.25, 0.3) is 5.91 Å². The first-order valence-electron chi connectivity index (χ1n) is 10.3. The summed E-state index contributed by atoms with van der Waals surface area (Å²) in [6, 6.07) is 14.2. The van der Waals surface area contributed by atoms with E-state index in [9.17, 15) is 9.59 Å². The van der Waals surface area contributed by atoms with Crippen molar-refractivity contribution in [1.82, 2.24) is 15.1 Å². The molecule has 1 atom stereocenters. The number of halogens is 1. The first-order chi connectivity index (χ1) is 15.4. The Balaban J connectivity index is 1.61. The second-order valence-electron chi connectivity index (χ2n) is 7.20. The molecule has 32 heavy (non-hydrogen) atoms. The number of nitrogens with one attached hydrogen (secondary N) is 1. The molecule has 1 N–H and O–H groups in total. The van der Waals surface area contributed by atoms with Crippen LogP contribution in [0.3, 0.4) is 0 Å². The molecular weight excluding hydrogens is 448 g/mol. The number of hydrogen-bond acceptors (Lipinski definition) is 6. The summed E-state index contributed by atoms with van der Waals surface area (Å²) in [5, 5.41) is 12.7. The van der Waals surface area contributed by atoms with Crippen LogP contribution in [0, 0.1) is 0 Å². The minimum absolute atomic E-state index is 0.00539. The minimum Gasteiger partial charge on any atom is -0.497 e. The molecule has 2 amide bonds. The average molecular weight is 473 g/mol. The molecule has 3 rings (SSSR count). The van der Waals surface area contributed by atoms with Crippen LogP contribution in [0.5, 0.6) is 5.75 Å². The van der Waals surface area contributed by atoms with Crippen LogP contribution < -0.4 is 10.1 Å². The van der Waals surface area contributed by atoms with Crippen molar-refractivity contribution >= 4 is 39.9 Å². The number of aromatic nitrogens is 2. The van der Waals surface area contributed by atoms with Gasteiger partial charge in [-0.25, -0.2) is 0 Å². The molecule has 7 nitrogen and oxygen atoms in total. The van der Waals surface area contributed by atoms with Gasteiger partial charge in [0.2, 0.25) is 11.0 Å². The zero-order valence-corrected chi connectivity index (χ0v) is 19.7. The molecule has 0 radical (unpaired) electrons. The predicted molar refractivity (Wildman–Crippen MR) is 127 cm³/mol. The number of anilines is 1. The van der Waals surface area contributed by atoms with Gasteiger partial charge in [0.15, 0.2) is 0 Å². The Kier molecular flexibility index (Phi) is 8.19. The number of nitrogens with zero attached hydrogens (tertiary/aromatic N) is 3. The van der Waals surface area contributed by atoms with Crippen molar-refractivity contribution in [3.8, 4) is 16.3 Å². The Bertz CT molecular complexity index is 1050. The highest BCUT2D eigenvalue weighted by atomic mass is 35.5. The second-order valence-corrected chi connectivity index (χ2v) is 8.62. The fourth-order valence-electron chi connectivity index (χ4n) is 3.03. The van der Waals surface area contributed by atoms with Crippen molar-refractivity contribution in [3.05, 3.63) is 59.1 Å². The Morgan fingerprint density at radius 2 is 1.81 bits per heavy atom. The Morgan fingerprint density at radius 1 is 1.12 bits per heavy atom. The largest absolute Gasteiger partial charge is 0.497 e. The number of carbonyl (C=O) groups is 2. The highest BCUT2D eigenvalue weighted by molar-refractivity contribution is 7.18. The van der Waals surface area contributed by atoms with Crippen LogP contribution in [0.15, 0.2) is 48.5 Å². The summed E-state index contributed by atoms with van der Waals surface area (Å²) >= 11 is 7.22. The SMILES string of the molecule is CCC(C)N(CCC(=O)Nc1nnc(-c2ccc(OC)cc2)s1)C(=O)c1ccc(Cl)cc1. The third kappa shape index (κ3) is 6.05. The molecule has 0 aliphatic carbocycles. The molecule has 0 saturated carbocycles. The number of rotatable bonds is 9. The Hall–Kier alpha value is -2.97. The van der Waals surface area contributed by atoms with E-state index in [0.29, 0.717) is 27.3 Å². The molecule has 0 fully saturated rings. The van der Waals surface area contributed by atoms with E-state index in [2.05, 4.69) is 15.5 Å². The lowest BCUT2D eigenvalue weighted by molar-refractivity contribution is -0.116. The highest BCUT2D eigenvalue weighted by Gasteiger charge is 2.21. The maximum atomic E-state index is 13.0. The van der Waals surface area contributed by atoms with E-state index < -0.39 is 0 Å². The summed E-state index contributed by atoms with van der Waals surface area (Å²) in [4.78, 5) is 27.2. The number of benzene rings is 2. The quantitative estimate of drug-likeness (QED) is 0.466. The number of ether oxygens (including phenoxy) is 1. The summed E-state index contributed by atoms with van der Waals surface area (Å²) in [5.41, 5.74) is 1.43. The third-order valence-corrected chi connectivity index (χ3v) is 6.20. The Morgan fingerprint density at radius 3 is 2.44 bits per heavy atom. The molecule has 0 aliphatic heterocycles. The van der Waals surface area contributed by atoms with Crippen molar-refractivity contribution in [1.29, 1.82) is 0 Å². The summed E-state index contributed by atoms with van der Waals surface area (Å²) in [7, 11) is 1.61. The van der Waals surface area contributed by atoms with Crippen LogP contribution in [0.25, 0.3) is 10.6 Å². The molecule has 2 aromatic carbocycles. The number of hydrogen-bond donors (Lipinski definition) is 1. The van der Waals surface area contributed by atoms with Gasteiger partial charge >= 0.3 is 0 Å². The molecule has 0 aliphatic rings. The van der Waals surface area contributed by atoms with Gasteiger partial charge in [0, 0.05) is 35.2 Å². The van der Waals surface area contributed by atoms with Crippen LogP contribution >= 0.6 is 22.9 Å². The first kappa shape index (κ1) is 23.7. The highest BCUT2D eigenvalue weighted by Crippen LogP contribution is 2.27. The standard InChI is InChI=1S/C23H25ClN4O3S/c1-4-15(2)28(22(30)17-5-9-18(24)10-6-17)14-13-20(29)25-23-27-26-21(32-23)16-7-11-19(31-3)12-8-16/h5-12,15H,4,13-14H2,1-3H3,(H,25,27,29). The molecular formula is C23H25ClN4O3S. The second kappa shape index (κ2) is 11.1. The third-order valence-electron chi connectivity index (χ3n) is 5.06. The van der Waals surface area contributed by atoms with Crippen LogP contribution in [-0.4, -0.2) is 46.6 Å². The van der Waals surface area contributed by atoms with Crippen LogP contribution in [0.1, 0.15) is 37.0 Å². The summed E-state index contributed by atoms with van der Waals surface area (Å²) < 4.78 is 5.16. The molecule has 1 unspecified atom stereocenters. The van der Waals surface area contributed by atoms with E-state index in [-0.39, 0.29) is 24.3 Å². The molecule has 1 heterocycles. The van der Waals surface area contributed by atoms with E-state index in [0.717, 1.165) is 17.7 Å². The monoisotopic (exact) mass is 472 g/mol. The smallest absolute Gasteiger partial charge is 0.254 e. The predicted octanol–water partition coefficient (Wildman–Crippen LogP) is 5.14. The van der Waals surface area contributed by atoms with E-state index in [1.165, 1.54) is 11.3 Å². The van der Waals surface area contributed by atoms with Gasteiger partial charge in [-0.2, -0.15) is 0 Å². The van der Waals surface area contributed by atoms with Crippen LogP contribution in [-0.2, 0) is 4.79 Å². The number of methoxy groups -OCH3 is 1. The van der Waals surface area contributed by atoms with Gasteiger partial charge in [0.1, 0.15) is 10.8 Å². The lowest BCUT2D eigenvalue weighted by Crippen LogP contribution is -2.40. The van der Waals surface area contributed by atoms with E-state index >= 15 is 0 Å². The number of amides is 2. The molecule has 0 saturated heterocycles. The van der Waals surface area contributed by atoms with E-state index in [4.69, 9.17) is 16.3 Å².